The number of hydrazine groups is 1. The van der Waals surface area contributed by atoms with Crippen molar-refractivity contribution >= 4 is 21.9 Å². The Hall–Kier alpha value is -1.39. The molecule has 0 aromatic heterocycles. The van der Waals surface area contributed by atoms with Crippen LogP contribution in [-0.4, -0.2) is 5.96 Å². The molecule has 0 saturated carbocycles. The van der Waals surface area contributed by atoms with Crippen molar-refractivity contribution in [1.82, 2.24) is 10.9 Å². The molecular weight excluding hydrogens is 334 g/mol. The molecular formula is C9H8BrF4N5. The average molecular weight is 342 g/mol. The summed E-state index contributed by atoms with van der Waals surface area (Å²) in [5.74, 6) is -2.97. The summed E-state index contributed by atoms with van der Waals surface area (Å²) >= 11 is 2.56. The Labute approximate surface area is 113 Å². The fourth-order valence-electron chi connectivity index (χ4n) is 1.56. The number of halogens is 5. The maximum absolute atomic E-state index is 13.6. The number of rotatable bonds is 1. The van der Waals surface area contributed by atoms with Crippen LogP contribution in [0, 0.1) is 5.82 Å². The zero-order chi connectivity index (χ0) is 14.4. The third-order valence-corrected chi connectivity index (χ3v) is 3.26. The number of aliphatic imine (C=N–C) groups is 1. The third-order valence-electron chi connectivity index (χ3n) is 2.45. The van der Waals surface area contributed by atoms with E-state index in [1.807, 2.05) is 0 Å². The van der Waals surface area contributed by atoms with Crippen molar-refractivity contribution in [3.63, 3.8) is 0 Å². The predicted molar refractivity (Wildman–Crippen MR) is 62.9 cm³/mol. The summed E-state index contributed by atoms with van der Waals surface area (Å²) in [4.78, 5) is 3.69. The monoisotopic (exact) mass is 341 g/mol. The highest BCUT2D eigenvalue weighted by Gasteiger charge is 2.39. The quantitative estimate of drug-likeness (QED) is 0.576. The van der Waals surface area contributed by atoms with Gasteiger partial charge >= 0.3 is 6.18 Å². The van der Waals surface area contributed by atoms with Gasteiger partial charge in [0.1, 0.15) is 5.82 Å². The topological polar surface area (TPSA) is 88.5 Å². The Morgan fingerprint density at radius 1 is 1.32 bits per heavy atom. The highest BCUT2D eigenvalue weighted by atomic mass is 79.9. The van der Waals surface area contributed by atoms with Crippen LogP contribution in [0.15, 0.2) is 21.6 Å². The fraction of sp³-hybridized carbons (Fsp3) is 0.222. The van der Waals surface area contributed by atoms with Crippen LogP contribution in [0.3, 0.4) is 0 Å². The van der Waals surface area contributed by atoms with E-state index in [9.17, 15) is 17.6 Å². The van der Waals surface area contributed by atoms with E-state index in [1.165, 1.54) is 0 Å². The molecule has 1 aromatic carbocycles. The summed E-state index contributed by atoms with van der Waals surface area (Å²) in [5, 5.41) is 0. The van der Waals surface area contributed by atoms with Crippen molar-refractivity contribution in [2.75, 3.05) is 0 Å². The van der Waals surface area contributed by atoms with Crippen molar-refractivity contribution < 1.29 is 17.6 Å². The maximum atomic E-state index is 13.6. The predicted octanol–water partition coefficient (Wildman–Crippen LogP) is 1.10. The van der Waals surface area contributed by atoms with E-state index >= 15 is 0 Å². The molecule has 1 heterocycles. The van der Waals surface area contributed by atoms with Gasteiger partial charge in [-0.1, -0.05) is 0 Å². The summed E-state index contributed by atoms with van der Waals surface area (Å²) in [6.45, 7) is 0. The van der Waals surface area contributed by atoms with Crippen LogP contribution in [0.25, 0.3) is 0 Å². The van der Waals surface area contributed by atoms with E-state index < -0.39 is 27.8 Å². The first-order valence-corrected chi connectivity index (χ1v) is 5.67. The molecule has 5 nitrogen and oxygen atoms in total. The minimum Gasteiger partial charge on any atom is -0.369 e. The van der Waals surface area contributed by atoms with Gasteiger partial charge < -0.3 is 5.73 Å². The van der Waals surface area contributed by atoms with E-state index in [0.717, 1.165) is 6.07 Å². The van der Waals surface area contributed by atoms with Crippen molar-refractivity contribution in [3.05, 3.63) is 33.5 Å². The first-order chi connectivity index (χ1) is 8.63. The molecule has 1 atom stereocenters. The van der Waals surface area contributed by atoms with Gasteiger partial charge in [-0.25, -0.2) is 9.38 Å². The molecule has 6 N–H and O–H groups in total. The molecule has 0 saturated heterocycles. The van der Waals surface area contributed by atoms with E-state index in [-0.39, 0.29) is 11.5 Å². The van der Waals surface area contributed by atoms with Crippen molar-refractivity contribution in [3.8, 4) is 0 Å². The first kappa shape index (κ1) is 14.0. The first-order valence-electron chi connectivity index (χ1n) is 4.87. The zero-order valence-electron chi connectivity index (χ0n) is 9.15. The second-order valence-corrected chi connectivity index (χ2v) is 4.62. The van der Waals surface area contributed by atoms with Gasteiger partial charge in [0.25, 0.3) is 0 Å². The van der Waals surface area contributed by atoms with Crippen LogP contribution in [0.4, 0.5) is 17.6 Å². The summed E-state index contributed by atoms with van der Waals surface area (Å²) in [5.41, 5.74) is 14.3. The molecule has 1 unspecified atom stereocenters. The molecule has 1 aromatic rings. The summed E-state index contributed by atoms with van der Waals surface area (Å²) < 4.78 is 51.2. The maximum Gasteiger partial charge on any atom is 0.417 e. The highest BCUT2D eigenvalue weighted by Crippen LogP contribution is 2.38. The van der Waals surface area contributed by atoms with E-state index in [1.54, 1.807) is 0 Å². The number of nitrogens with zero attached hydrogens (tertiary/aromatic N) is 1. The van der Waals surface area contributed by atoms with Crippen molar-refractivity contribution in [2.24, 2.45) is 16.5 Å². The smallest absolute Gasteiger partial charge is 0.369 e. The molecule has 104 valence electrons. The molecule has 1 aliphatic heterocycles. The van der Waals surface area contributed by atoms with Crippen LogP contribution in [-0.2, 0) is 12.0 Å². The largest absolute Gasteiger partial charge is 0.417 e. The van der Waals surface area contributed by atoms with Gasteiger partial charge in [0.05, 0.1) is 10.0 Å². The standard InChI is InChI=1S/C9H8BrF4N5/c10-6-4(8(12,13)14)1-3(2-5(6)11)9(16)17-7(15)18-19-9/h1-2,19H,16H2,(H3,15,17,18). The van der Waals surface area contributed by atoms with Gasteiger partial charge in [-0.05, 0) is 28.1 Å². The molecule has 0 bridgehead atoms. The lowest BCUT2D eigenvalue weighted by Gasteiger charge is -2.22. The zero-order valence-corrected chi connectivity index (χ0v) is 10.7. The number of hydrogen-bond acceptors (Lipinski definition) is 5. The Morgan fingerprint density at radius 3 is 2.42 bits per heavy atom. The summed E-state index contributed by atoms with van der Waals surface area (Å²) in [6.07, 6.45) is -4.73. The molecule has 1 aliphatic rings. The second kappa shape index (κ2) is 4.32. The van der Waals surface area contributed by atoms with Gasteiger partial charge in [-0.15, -0.1) is 0 Å². The molecule has 0 spiro atoms. The normalized spacial score (nSPS) is 23.2. The lowest BCUT2D eigenvalue weighted by Crippen LogP contribution is -2.50. The van der Waals surface area contributed by atoms with Gasteiger partial charge in [0, 0.05) is 5.56 Å². The molecule has 10 heteroatoms. The lowest BCUT2D eigenvalue weighted by atomic mass is 10.0. The minimum absolute atomic E-state index is 0.112. The molecule has 0 fully saturated rings. The van der Waals surface area contributed by atoms with Gasteiger partial charge in [-0.3, -0.25) is 11.2 Å². The third kappa shape index (κ3) is 2.51. The number of hydrogen-bond donors (Lipinski definition) is 4. The highest BCUT2D eigenvalue weighted by molar-refractivity contribution is 9.10. The van der Waals surface area contributed by atoms with E-state index in [4.69, 9.17) is 11.5 Å². The molecule has 19 heavy (non-hydrogen) atoms. The van der Waals surface area contributed by atoms with E-state index in [2.05, 4.69) is 31.8 Å². The summed E-state index contributed by atoms with van der Waals surface area (Å²) in [7, 11) is 0. The lowest BCUT2D eigenvalue weighted by molar-refractivity contribution is -0.138. The fourth-order valence-corrected chi connectivity index (χ4v) is 2.01. The van der Waals surface area contributed by atoms with Gasteiger partial charge in [-0.2, -0.15) is 18.6 Å². The second-order valence-electron chi connectivity index (χ2n) is 3.83. The van der Waals surface area contributed by atoms with Crippen LogP contribution in [0.1, 0.15) is 11.1 Å². The van der Waals surface area contributed by atoms with Crippen molar-refractivity contribution in [1.29, 1.82) is 0 Å². The molecule has 2 rings (SSSR count). The van der Waals surface area contributed by atoms with Crippen LogP contribution < -0.4 is 22.3 Å². The molecule has 0 amide bonds. The Balaban J connectivity index is 2.58. The van der Waals surface area contributed by atoms with Crippen LogP contribution in [0.2, 0.25) is 0 Å². The summed E-state index contributed by atoms with van der Waals surface area (Å²) in [6, 6.07) is 1.54. The number of nitrogens with one attached hydrogen (secondary N) is 2. The SMILES string of the molecule is NC1=NC(N)(c2cc(F)c(Br)c(C(F)(F)F)c2)NN1. The van der Waals surface area contributed by atoms with Gasteiger partial charge in [0.2, 0.25) is 11.7 Å². The van der Waals surface area contributed by atoms with Gasteiger partial charge in [0.15, 0.2) is 0 Å². The number of benzene rings is 1. The van der Waals surface area contributed by atoms with Crippen LogP contribution in [0.5, 0.6) is 0 Å². The molecule has 0 aliphatic carbocycles. The number of nitrogens with two attached hydrogens (primary N) is 2. The Kier molecular flexibility index (Phi) is 3.19. The molecule has 0 radical (unpaired) electrons. The van der Waals surface area contributed by atoms with Crippen LogP contribution >= 0.6 is 15.9 Å². The minimum atomic E-state index is -4.73. The van der Waals surface area contributed by atoms with Crippen molar-refractivity contribution in [2.45, 2.75) is 12.0 Å². The Morgan fingerprint density at radius 2 is 1.95 bits per heavy atom. The van der Waals surface area contributed by atoms with E-state index in [0.29, 0.717) is 6.07 Å². The number of alkyl halides is 3. The number of guanidine groups is 1. The average Bonchev–Trinajstić information content (AvgIpc) is 2.62. The Bertz CT molecular complexity index is 558.